The molecule has 2 rings (SSSR count). The number of halogens is 1. The second-order valence-electron chi connectivity index (χ2n) is 6.04. The largest absolute Gasteiger partial charge is 0.388 e. The second-order valence-corrected chi connectivity index (χ2v) is 6.04. The van der Waals surface area contributed by atoms with Gasteiger partial charge in [0, 0.05) is 19.0 Å². The average Bonchev–Trinajstić information content (AvgIpc) is 2.50. The van der Waals surface area contributed by atoms with Crippen molar-refractivity contribution in [3.05, 3.63) is 35.6 Å². The molecule has 2 N–H and O–H groups in total. The van der Waals surface area contributed by atoms with Crippen LogP contribution in [0, 0.1) is 5.82 Å². The molecule has 1 aromatic rings. The number of hydrogen-bond acceptors (Lipinski definition) is 3. The van der Waals surface area contributed by atoms with Gasteiger partial charge in [-0.05, 0) is 43.9 Å². The minimum Gasteiger partial charge on any atom is -0.388 e. The van der Waals surface area contributed by atoms with E-state index in [2.05, 4.69) is 5.32 Å². The molecule has 2 atom stereocenters. The van der Waals surface area contributed by atoms with Gasteiger partial charge in [-0.2, -0.15) is 0 Å². The lowest BCUT2D eigenvalue weighted by atomic mass is 10.0. The maximum absolute atomic E-state index is 12.9. The van der Waals surface area contributed by atoms with E-state index < -0.39 is 6.10 Å². The summed E-state index contributed by atoms with van der Waals surface area (Å²) >= 11 is 0. The van der Waals surface area contributed by atoms with Gasteiger partial charge in [-0.25, -0.2) is 4.39 Å². The highest BCUT2D eigenvalue weighted by molar-refractivity contribution is 5.85. The van der Waals surface area contributed by atoms with Crippen LogP contribution in [0.5, 0.6) is 0 Å². The third-order valence-electron chi connectivity index (χ3n) is 3.99. The van der Waals surface area contributed by atoms with Crippen LogP contribution in [0.1, 0.15) is 44.3 Å². The second kappa shape index (κ2) is 8.06. The molecule has 2 amide bonds. The fourth-order valence-corrected chi connectivity index (χ4v) is 2.74. The Bertz CT molecular complexity index is 547. The molecule has 0 saturated carbocycles. The van der Waals surface area contributed by atoms with Gasteiger partial charge < -0.3 is 15.3 Å². The van der Waals surface area contributed by atoms with Gasteiger partial charge in [0.25, 0.3) is 0 Å². The molecule has 1 aromatic carbocycles. The highest BCUT2D eigenvalue weighted by atomic mass is 19.1. The van der Waals surface area contributed by atoms with Crippen molar-refractivity contribution in [3.8, 4) is 0 Å². The molecule has 0 spiro atoms. The highest BCUT2D eigenvalue weighted by Gasteiger charge is 2.21. The SMILES string of the molecule is CC(CC(O)c1ccc(F)cc1)NC(=O)CN1CCCCC1=O. The highest BCUT2D eigenvalue weighted by Crippen LogP contribution is 2.18. The molecule has 1 aliphatic heterocycles. The number of carbonyl (C=O) groups is 2. The van der Waals surface area contributed by atoms with Crippen LogP contribution in [0.4, 0.5) is 4.39 Å². The number of benzene rings is 1. The number of piperidine rings is 1. The van der Waals surface area contributed by atoms with Crippen LogP contribution in [0.2, 0.25) is 0 Å². The molecule has 1 saturated heterocycles. The Morgan fingerprint density at radius 3 is 2.70 bits per heavy atom. The van der Waals surface area contributed by atoms with Crippen LogP contribution in [0.3, 0.4) is 0 Å². The number of likely N-dealkylation sites (tertiary alicyclic amines) is 1. The Balaban J connectivity index is 1.79. The molecular weight excluding hydrogens is 299 g/mol. The zero-order valence-electron chi connectivity index (χ0n) is 13.3. The minimum absolute atomic E-state index is 0.0189. The van der Waals surface area contributed by atoms with E-state index in [1.165, 1.54) is 24.3 Å². The van der Waals surface area contributed by atoms with E-state index in [0.717, 1.165) is 12.8 Å². The van der Waals surface area contributed by atoms with Crippen LogP contribution in [0.25, 0.3) is 0 Å². The van der Waals surface area contributed by atoms with E-state index in [9.17, 15) is 19.1 Å². The topological polar surface area (TPSA) is 69.6 Å². The third kappa shape index (κ3) is 5.32. The molecule has 2 unspecified atom stereocenters. The molecule has 1 heterocycles. The van der Waals surface area contributed by atoms with Gasteiger partial charge >= 0.3 is 0 Å². The van der Waals surface area contributed by atoms with E-state index in [0.29, 0.717) is 24.9 Å². The van der Waals surface area contributed by atoms with Crippen molar-refractivity contribution in [1.29, 1.82) is 0 Å². The predicted octanol–water partition coefficient (Wildman–Crippen LogP) is 1.77. The Hall–Kier alpha value is -1.95. The number of aliphatic hydroxyl groups is 1. The van der Waals surface area contributed by atoms with Gasteiger partial charge in [-0.15, -0.1) is 0 Å². The zero-order valence-corrected chi connectivity index (χ0v) is 13.3. The average molecular weight is 322 g/mol. The molecule has 23 heavy (non-hydrogen) atoms. The molecular formula is C17H23FN2O3. The van der Waals surface area contributed by atoms with Crippen molar-refractivity contribution >= 4 is 11.8 Å². The van der Waals surface area contributed by atoms with E-state index in [1.807, 2.05) is 0 Å². The molecule has 126 valence electrons. The Kier molecular flexibility index (Phi) is 6.10. The van der Waals surface area contributed by atoms with Crippen molar-refractivity contribution in [2.45, 2.75) is 44.8 Å². The van der Waals surface area contributed by atoms with E-state index in [4.69, 9.17) is 0 Å². The summed E-state index contributed by atoms with van der Waals surface area (Å²) in [6.07, 6.45) is 1.87. The number of nitrogens with zero attached hydrogens (tertiary/aromatic N) is 1. The van der Waals surface area contributed by atoms with Crippen LogP contribution in [-0.2, 0) is 9.59 Å². The van der Waals surface area contributed by atoms with Crippen molar-refractivity contribution < 1.29 is 19.1 Å². The van der Waals surface area contributed by atoms with E-state index in [1.54, 1.807) is 11.8 Å². The van der Waals surface area contributed by atoms with Gasteiger partial charge in [0.15, 0.2) is 0 Å². The Morgan fingerprint density at radius 1 is 1.35 bits per heavy atom. The fourth-order valence-electron chi connectivity index (χ4n) is 2.74. The summed E-state index contributed by atoms with van der Waals surface area (Å²) in [5.41, 5.74) is 0.610. The normalized spacial score (nSPS) is 17.7. The van der Waals surface area contributed by atoms with Gasteiger partial charge in [-0.3, -0.25) is 9.59 Å². The number of aliphatic hydroxyl groups excluding tert-OH is 1. The lowest BCUT2D eigenvalue weighted by molar-refractivity contribution is -0.138. The summed E-state index contributed by atoms with van der Waals surface area (Å²) in [4.78, 5) is 25.2. The van der Waals surface area contributed by atoms with Crippen LogP contribution < -0.4 is 5.32 Å². The number of amides is 2. The molecule has 0 aromatic heterocycles. The van der Waals surface area contributed by atoms with E-state index >= 15 is 0 Å². The monoisotopic (exact) mass is 322 g/mol. The number of nitrogens with one attached hydrogen (secondary N) is 1. The molecule has 5 nitrogen and oxygen atoms in total. The summed E-state index contributed by atoms with van der Waals surface area (Å²) in [5.74, 6) is -0.557. The first-order chi connectivity index (χ1) is 11.0. The quantitative estimate of drug-likeness (QED) is 0.838. The molecule has 1 aliphatic rings. The first-order valence-corrected chi connectivity index (χ1v) is 7.96. The lowest BCUT2D eigenvalue weighted by Crippen LogP contribution is -2.45. The van der Waals surface area contributed by atoms with Gasteiger partial charge in [0.2, 0.25) is 11.8 Å². The maximum Gasteiger partial charge on any atom is 0.239 e. The summed E-state index contributed by atoms with van der Waals surface area (Å²) in [6.45, 7) is 2.48. The van der Waals surface area contributed by atoms with Crippen LogP contribution in [0.15, 0.2) is 24.3 Å². The minimum atomic E-state index is -0.775. The summed E-state index contributed by atoms with van der Waals surface area (Å²) < 4.78 is 12.9. The maximum atomic E-state index is 12.9. The van der Waals surface area contributed by atoms with Gasteiger partial charge in [-0.1, -0.05) is 12.1 Å². The molecule has 0 radical (unpaired) electrons. The van der Waals surface area contributed by atoms with Gasteiger partial charge in [0.1, 0.15) is 5.82 Å². The number of carbonyl (C=O) groups excluding carboxylic acids is 2. The summed E-state index contributed by atoms with van der Waals surface area (Å²) in [7, 11) is 0. The van der Waals surface area contributed by atoms with Crippen LogP contribution in [-0.4, -0.2) is 41.0 Å². The third-order valence-corrected chi connectivity index (χ3v) is 3.99. The van der Waals surface area contributed by atoms with Crippen LogP contribution >= 0.6 is 0 Å². The fraction of sp³-hybridized carbons (Fsp3) is 0.529. The van der Waals surface area contributed by atoms with Crippen molar-refractivity contribution in [2.24, 2.45) is 0 Å². The smallest absolute Gasteiger partial charge is 0.239 e. The molecule has 0 aliphatic carbocycles. The first-order valence-electron chi connectivity index (χ1n) is 7.96. The Labute approximate surface area is 135 Å². The van der Waals surface area contributed by atoms with Crippen molar-refractivity contribution in [3.63, 3.8) is 0 Å². The van der Waals surface area contributed by atoms with Crippen molar-refractivity contribution in [1.82, 2.24) is 10.2 Å². The number of hydrogen-bond donors (Lipinski definition) is 2. The predicted molar refractivity (Wildman–Crippen MR) is 84.0 cm³/mol. The molecule has 1 fully saturated rings. The summed E-state index contributed by atoms with van der Waals surface area (Å²) in [6, 6.07) is 5.40. The number of rotatable bonds is 6. The zero-order chi connectivity index (χ0) is 16.8. The van der Waals surface area contributed by atoms with Crippen molar-refractivity contribution in [2.75, 3.05) is 13.1 Å². The summed E-state index contributed by atoms with van der Waals surface area (Å²) in [5, 5.41) is 12.9. The van der Waals surface area contributed by atoms with Gasteiger partial charge in [0.05, 0.1) is 12.6 Å². The Morgan fingerprint density at radius 2 is 2.04 bits per heavy atom. The lowest BCUT2D eigenvalue weighted by Gasteiger charge is -2.27. The van der Waals surface area contributed by atoms with E-state index in [-0.39, 0.29) is 30.2 Å². The first kappa shape index (κ1) is 17.4. The standard InChI is InChI=1S/C17H23FN2O3/c1-12(10-15(21)13-5-7-14(18)8-6-13)19-16(22)11-20-9-3-2-4-17(20)23/h5-8,12,15,21H,2-4,9-11H2,1H3,(H,19,22). The molecule has 0 bridgehead atoms. The molecule has 6 heteroatoms.